The lowest BCUT2D eigenvalue weighted by Crippen LogP contribution is -2.36. The third-order valence-electron chi connectivity index (χ3n) is 4.04. The zero-order chi connectivity index (χ0) is 19.7. The Kier molecular flexibility index (Phi) is 7.11. The summed E-state index contributed by atoms with van der Waals surface area (Å²) in [5.74, 6) is -0.261. The molecule has 7 nitrogen and oxygen atoms in total. The molecule has 0 saturated carbocycles. The SMILES string of the molecule is Cc1cc(C)c2sc(N(CCN(C)C)C(=O)c3ccc([N+](=O)[O-])s3)nc2c1.Cl. The number of benzene rings is 1. The van der Waals surface area contributed by atoms with Gasteiger partial charge in [0.1, 0.15) is 0 Å². The standard InChI is InChI=1S/C18H20N4O3S2.ClH/c1-11-9-12(2)16-13(10-11)19-18(27-16)21(8-7-20(3)4)17(23)14-5-6-15(26-14)22(24)25;/h5-6,9-10H,7-8H2,1-4H3;1H. The molecule has 0 unspecified atom stereocenters. The van der Waals surface area contributed by atoms with Crippen molar-refractivity contribution in [3.05, 3.63) is 50.4 Å². The minimum atomic E-state index is -0.477. The second-order valence-electron chi connectivity index (χ2n) is 6.58. The second kappa shape index (κ2) is 8.95. The number of rotatable bonds is 6. The summed E-state index contributed by atoms with van der Waals surface area (Å²) in [6.45, 7) is 5.17. The number of aryl methyl sites for hydroxylation is 2. The van der Waals surface area contributed by atoms with Crippen LogP contribution < -0.4 is 4.90 Å². The summed E-state index contributed by atoms with van der Waals surface area (Å²) in [5.41, 5.74) is 3.12. The zero-order valence-electron chi connectivity index (χ0n) is 16.0. The first-order valence-corrected chi connectivity index (χ1v) is 9.98. The molecule has 0 aliphatic rings. The van der Waals surface area contributed by atoms with Gasteiger partial charge >= 0.3 is 5.00 Å². The quantitative estimate of drug-likeness (QED) is 0.416. The van der Waals surface area contributed by atoms with Crippen molar-refractivity contribution < 1.29 is 9.72 Å². The van der Waals surface area contributed by atoms with Gasteiger partial charge < -0.3 is 4.90 Å². The maximum absolute atomic E-state index is 13.1. The molecular formula is C18H21ClN4O3S2. The molecule has 0 spiro atoms. The third-order valence-corrected chi connectivity index (χ3v) is 6.29. The fourth-order valence-corrected chi connectivity index (χ4v) is 4.55. The minimum Gasteiger partial charge on any atom is -0.308 e. The number of nitrogens with zero attached hydrogens (tertiary/aromatic N) is 4. The van der Waals surface area contributed by atoms with Crippen molar-refractivity contribution in [1.82, 2.24) is 9.88 Å². The summed E-state index contributed by atoms with van der Waals surface area (Å²) in [4.78, 5) is 32.2. The Bertz CT molecular complexity index is 1020. The van der Waals surface area contributed by atoms with E-state index in [0.717, 1.165) is 32.7 Å². The Morgan fingerprint density at radius 2 is 1.89 bits per heavy atom. The molecule has 3 aromatic rings. The molecule has 1 aromatic carbocycles. The molecule has 0 radical (unpaired) electrons. The zero-order valence-corrected chi connectivity index (χ0v) is 18.4. The number of carbonyl (C=O) groups excluding carboxylic acids is 1. The minimum absolute atomic E-state index is 0. The van der Waals surface area contributed by atoms with Gasteiger partial charge in [0.25, 0.3) is 5.91 Å². The largest absolute Gasteiger partial charge is 0.324 e. The maximum Gasteiger partial charge on any atom is 0.324 e. The Hall–Kier alpha value is -2.07. The van der Waals surface area contributed by atoms with Crippen LogP contribution in [0, 0.1) is 24.0 Å². The van der Waals surface area contributed by atoms with E-state index in [-0.39, 0.29) is 23.3 Å². The summed E-state index contributed by atoms with van der Waals surface area (Å²) in [6.07, 6.45) is 0. The Morgan fingerprint density at radius 3 is 2.50 bits per heavy atom. The van der Waals surface area contributed by atoms with E-state index < -0.39 is 4.92 Å². The van der Waals surface area contributed by atoms with Crippen molar-refractivity contribution in [2.24, 2.45) is 0 Å². The molecule has 0 atom stereocenters. The van der Waals surface area contributed by atoms with Gasteiger partial charge in [0.05, 0.1) is 20.0 Å². The van der Waals surface area contributed by atoms with Crippen molar-refractivity contribution in [3.8, 4) is 0 Å². The van der Waals surface area contributed by atoms with E-state index in [1.54, 1.807) is 4.90 Å². The summed E-state index contributed by atoms with van der Waals surface area (Å²) < 4.78 is 1.05. The number of halogens is 1. The molecule has 10 heteroatoms. The first-order valence-electron chi connectivity index (χ1n) is 8.35. The maximum atomic E-state index is 13.1. The highest BCUT2D eigenvalue weighted by molar-refractivity contribution is 7.22. The second-order valence-corrected chi connectivity index (χ2v) is 8.62. The topological polar surface area (TPSA) is 79.6 Å². The van der Waals surface area contributed by atoms with Gasteiger partial charge in [-0.3, -0.25) is 19.8 Å². The summed E-state index contributed by atoms with van der Waals surface area (Å²) >= 11 is 2.37. The average Bonchev–Trinajstić information content (AvgIpc) is 3.21. The van der Waals surface area contributed by atoms with Crippen LogP contribution in [0.15, 0.2) is 24.3 Å². The van der Waals surface area contributed by atoms with Crippen LogP contribution in [0.25, 0.3) is 10.2 Å². The Morgan fingerprint density at radius 1 is 1.18 bits per heavy atom. The van der Waals surface area contributed by atoms with E-state index in [0.29, 0.717) is 23.1 Å². The van der Waals surface area contributed by atoms with E-state index >= 15 is 0 Å². The van der Waals surface area contributed by atoms with Crippen molar-refractivity contribution >= 4 is 61.3 Å². The van der Waals surface area contributed by atoms with Crippen LogP contribution >= 0.6 is 35.1 Å². The highest BCUT2D eigenvalue weighted by Crippen LogP contribution is 2.34. The molecule has 28 heavy (non-hydrogen) atoms. The number of amides is 1. The number of thiazole rings is 1. The third kappa shape index (κ3) is 4.67. The van der Waals surface area contributed by atoms with Crippen molar-refractivity contribution in [3.63, 3.8) is 0 Å². The lowest BCUT2D eigenvalue weighted by molar-refractivity contribution is -0.380. The number of hydrogen-bond donors (Lipinski definition) is 0. The van der Waals surface area contributed by atoms with Gasteiger partial charge in [-0.05, 0) is 51.2 Å². The number of fused-ring (bicyclic) bond motifs is 1. The predicted octanol–water partition coefficient (Wildman–Crippen LogP) is 4.51. The lowest BCUT2D eigenvalue weighted by atomic mass is 10.1. The molecule has 3 rings (SSSR count). The number of nitro groups is 1. The molecule has 2 heterocycles. The normalized spacial score (nSPS) is 10.9. The summed E-state index contributed by atoms with van der Waals surface area (Å²) in [6, 6.07) is 6.98. The van der Waals surface area contributed by atoms with Gasteiger partial charge in [0.15, 0.2) is 5.13 Å². The number of likely N-dealkylation sites (N-methyl/N-ethyl adjacent to an activating group) is 1. The van der Waals surface area contributed by atoms with E-state index in [2.05, 4.69) is 11.1 Å². The molecule has 2 aromatic heterocycles. The molecule has 0 fully saturated rings. The monoisotopic (exact) mass is 440 g/mol. The molecule has 150 valence electrons. The number of hydrogen-bond acceptors (Lipinski definition) is 7. The van der Waals surface area contributed by atoms with Crippen LogP contribution in [0.1, 0.15) is 20.8 Å². The Balaban J connectivity index is 0.00000280. The number of aromatic nitrogens is 1. The van der Waals surface area contributed by atoms with Gasteiger partial charge in [-0.2, -0.15) is 0 Å². The number of thiophene rings is 1. The molecule has 0 aliphatic heterocycles. The lowest BCUT2D eigenvalue weighted by Gasteiger charge is -2.21. The first-order chi connectivity index (χ1) is 12.8. The van der Waals surface area contributed by atoms with E-state index in [1.165, 1.54) is 23.5 Å². The van der Waals surface area contributed by atoms with Crippen LogP contribution in [-0.4, -0.2) is 47.9 Å². The number of carbonyl (C=O) groups is 1. The molecular weight excluding hydrogens is 420 g/mol. The van der Waals surface area contributed by atoms with E-state index in [4.69, 9.17) is 0 Å². The van der Waals surface area contributed by atoms with Gasteiger partial charge in [0.2, 0.25) is 0 Å². The van der Waals surface area contributed by atoms with Crippen LogP contribution in [0.2, 0.25) is 0 Å². The fourth-order valence-electron chi connectivity index (χ4n) is 2.74. The molecule has 0 aliphatic carbocycles. The van der Waals surface area contributed by atoms with E-state index in [1.807, 2.05) is 38.9 Å². The van der Waals surface area contributed by atoms with Crippen LogP contribution in [-0.2, 0) is 0 Å². The van der Waals surface area contributed by atoms with E-state index in [9.17, 15) is 14.9 Å². The first kappa shape index (κ1) is 22.2. The predicted molar refractivity (Wildman–Crippen MR) is 118 cm³/mol. The van der Waals surface area contributed by atoms with Crippen molar-refractivity contribution in [2.45, 2.75) is 13.8 Å². The van der Waals surface area contributed by atoms with Crippen LogP contribution in [0.4, 0.5) is 10.1 Å². The smallest absolute Gasteiger partial charge is 0.308 e. The van der Waals surface area contributed by atoms with Crippen LogP contribution in [0.3, 0.4) is 0 Å². The highest BCUT2D eigenvalue weighted by Gasteiger charge is 2.25. The molecule has 1 amide bonds. The number of anilines is 1. The van der Waals surface area contributed by atoms with Gasteiger partial charge in [-0.1, -0.05) is 28.7 Å². The molecule has 0 saturated heterocycles. The Labute approximate surface area is 177 Å². The highest BCUT2D eigenvalue weighted by atomic mass is 35.5. The summed E-state index contributed by atoms with van der Waals surface area (Å²) in [7, 11) is 3.87. The van der Waals surface area contributed by atoms with Crippen molar-refractivity contribution in [1.29, 1.82) is 0 Å². The molecule has 0 bridgehead atoms. The van der Waals surface area contributed by atoms with Gasteiger partial charge in [0, 0.05) is 19.2 Å². The fraction of sp³-hybridized carbons (Fsp3) is 0.333. The van der Waals surface area contributed by atoms with Gasteiger partial charge in [-0.15, -0.1) is 12.4 Å². The average molecular weight is 441 g/mol. The summed E-state index contributed by atoms with van der Waals surface area (Å²) in [5, 5.41) is 11.5. The molecule has 0 N–H and O–H groups in total. The van der Waals surface area contributed by atoms with Gasteiger partial charge in [-0.25, -0.2) is 4.98 Å². The van der Waals surface area contributed by atoms with Crippen molar-refractivity contribution in [2.75, 3.05) is 32.1 Å². The van der Waals surface area contributed by atoms with Crippen LogP contribution in [0.5, 0.6) is 0 Å².